The Bertz CT molecular complexity index is 2010. The number of halogens is 1. The minimum Gasteiger partial charge on any atom is -0.361 e. The van der Waals surface area contributed by atoms with Crippen LogP contribution in [-0.4, -0.2) is 95.9 Å². The number of hydrogen-bond donors (Lipinski definition) is 3. The van der Waals surface area contributed by atoms with Gasteiger partial charge in [0.05, 0.1) is 34.8 Å². The summed E-state index contributed by atoms with van der Waals surface area (Å²) in [7, 11) is 0. The molecule has 1 aromatic carbocycles. The van der Waals surface area contributed by atoms with E-state index >= 15 is 0 Å². The largest absolute Gasteiger partial charge is 0.361 e. The second kappa shape index (κ2) is 12.3. The van der Waals surface area contributed by atoms with Crippen LogP contribution < -0.4 is 10.2 Å². The number of aliphatic hydroxyl groups is 2. The number of aliphatic hydroxyl groups excluding tert-OH is 1. The summed E-state index contributed by atoms with van der Waals surface area (Å²) in [5, 5.41) is 22.3. The lowest BCUT2D eigenvalue weighted by Crippen LogP contribution is -2.58. The lowest BCUT2D eigenvalue weighted by molar-refractivity contribution is -0.161. The molecule has 4 aromatic rings. The van der Waals surface area contributed by atoms with Crippen LogP contribution in [0.4, 0.5) is 21.6 Å². The summed E-state index contributed by atoms with van der Waals surface area (Å²) in [6, 6.07) is 10.1. The summed E-state index contributed by atoms with van der Waals surface area (Å²) in [5.41, 5.74) is 4.41. The highest BCUT2D eigenvalue weighted by molar-refractivity contribution is 6.09. The van der Waals surface area contributed by atoms with Gasteiger partial charge in [-0.15, -0.1) is 0 Å². The molecular weight excluding hydrogens is 651 g/mol. The molecule has 3 fully saturated rings. The van der Waals surface area contributed by atoms with E-state index in [1.54, 1.807) is 12.4 Å². The van der Waals surface area contributed by atoms with Gasteiger partial charge in [0.15, 0.2) is 11.6 Å². The van der Waals surface area contributed by atoms with E-state index < -0.39 is 23.4 Å². The van der Waals surface area contributed by atoms with E-state index in [1.807, 2.05) is 33.7 Å². The number of likely N-dealkylation sites (tertiary alicyclic amines) is 2. The number of hydrogen-bond acceptors (Lipinski definition) is 9. The van der Waals surface area contributed by atoms with Crippen molar-refractivity contribution in [3.8, 4) is 11.3 Å². The summed E-state index contributed by atoms with van der Waals surface area (Å²) in [4.78, 5) is 46.8. The maximum atomic E-state index is 14.8. The van der Waals surface area contributed by atoms with E-state index in [2.05, 4.69) is 42.9 Å². The Hall–Kier alpha value is -4.46. The molecule has 4 aliphatic rings. The highest BCUT2D eigenvalue weighted by Gasteiger charge is 2.56. The summed E-state index contributed by atoms with van der Waals surface area (Å²) in [6.45, 7) is 11.4. The molecular formula is C38H45FN8O4. The molecule has 1 saturated carbocycles. The molecule has 0 unspecified atom stereocenters. The molecule has 51 heavy (non-hydrogen) atoms. The number of anilines is 3. The van der Waals surface area contributed by atoms with Gasteiger partial charge in [-0.1, -0.05) is 26.0 Å². The van der Waals surface area contributed by atoms with Crippen molar-refractivity contribution in [1.29, 1.82) is 0 Å². The van der Waals surface area contributed by atoms with Crippen molar-refractivity contribution >= 4 is 40.0 Å². The molecule has 3 aliphatic heterocycles. The number of carbonyl (C=O) groups excluding carboxylic acids is 2. The number of piperidine rings is 1. The van der Waals surface area contributed by atoms with Gasteiger partial charge in [-0.05, 0) is 81.7 Å². The number of imidazole rings is 1. The molecule has 1 spiro atoms. The number of carbonyl (C=O) groups is 2. The Morgan fingerprint density at radius 3 is 2.47 bits per heavy atom. The van der Waals surface area contributed by atoms with Gasteiger partial charge in [0.25, 0.3) is 5.91 Å². The van der Waals surface area contributed by atoms with Crippen molar-refractivity contribution in [1.82, 2.24) is 29.3 Å². The number of fused-ring (bicyclic) bond motifs is 3. The zero-order valence-corrected chi connectivity index (χ0v) is 29.5. The first-order chi connectivity index (χ1) is 24.3. The van der Waals surface area contributed by atoms with Gasteiger partial charge >= 0.3 is 0 Å². The van der Waals surface area contributed by atoms with Crippen molar-refractivity contribution in [2.24, 2.45) is 5.41 Å². The Labute approximate surface area is 296 Å². The van der Waals surface area contributed by atoms with Gasteiger partial charge in [-0.2, -0.15) is 0 Å². The standard InChI is InChI=1S/C38H45FN8O4/c1-22(2)46-21-41-30-18-29(43-33(32(30)46)42-28-7-11-40-19-27(28)39)23-5-6-26-31(15-23)47(25-16-24(17-25)45-12-8-37(3,4)20-45)36(51)38(26)9-13-44(14-10-38)34(48)35(49)50/h5-7,11,15,18-19,21-22,24-25,35,49-50H,8-10,12-14,16-17,20H2,1-4H3,(H,40,42,43). The molecule has 12 nitrogen and oxygen atoms in total. The number of rotatable bonds is 7. The molecule has 2 saturated heterocycles. The van der Waals surface area contributed by atoms with E-state index in [-0.39, 0.29) is 36.8 Å². The van der Waals surface area contributed by atoms with Crippen LogP contribution >= 0.6 is 0 Å². The fourth-order valence-corrected chi connectivity index (χ4v) is 8.69. The van der Waals surface area contributed by atoms with E-state index in [9.17, 15) is 24.2 Å². The monoisotopic (exact) mass is 696 g/mol. The molecule has 6 heterocycles. The number of pyridine rings is 2. The molecule has 0 radical (unpaired) electrons. The zero-order chi connectivity index (χ0) is 35.8. The first-order valence-corrected chi connectivity index (χ1v) is 18.0. The summed E-state index contributed by atoms with van der Waals surface area (Å²) in [5.74, 6) is -0.730. The molecule has 0 bridgehead atoms. The van der Waals surface area contributed by atoms with Crippen LogP contribution in [0.15, 0.2) is 49.1 Å². The van der Waals surface area contributed by atoms with Gasteiger partial charge in [0, 0.05) is 55.2 Å². The van der Waals surface area contributed by atoms with Gasteiger partial charge in [0.1, 0.15) is 5.52 Å². The van der Waals surface area contributed by atoms with Crippen LogP contribution in [0, 0.1) is 11.2 Å². The number of amides is 2. The van der Waals surface area contributed by atoms with E-state index in [4.69, 9.17) is 9.97 Å². The third-order valence-electron chi connectivity index (χ3n) is 11.7. The van der Waals surface area contributed by atoms with E-state index in [0.717, 1.165) is 54.5 Å². The average Bonchev–Trinajstić information content (AvgIpc) is 3.74. The average molecular weight is 697 g/mol. The number of nitrogens with one attached hydrogen (secondary N) is 1. The Morgan fingerprint density at radius 1 is 1.04 bits per heavy atom. The van der Waals surface area contributed by atoms with Crippen LogP contribution in [0.3, 0.4) is 0 Å². The lowest BCUT2D eigenvalue weighted by atomic mass is 9.73. The quantitative estimate of drug-likeness (QED) is 0.234. The second-order valence-electron chi connectivity index (χ2n) is 15.8. The minimum atomic E-state index is -2.07. The number of aromatic nitrogens is 4. The third kappa shape index (κ3) is 5.66. The van der Waals surface area contributed by atoms with Crippen molar-refractivity contribution in [2.45, 2.75) is 89.6 Å². The fraction of sp³-hybridized carbons (Fsp3) is 0.500. The zero-order valence-electron chi connectivity index (χ0n) is 29.5. The SMILES string of the molecule is CC(C)n1cnc2cc(-c3ccc4c(c3)N(C3CC(N5CCC(C)(C)C5)C3)C(=O)C43CCN(C(=O)C(O)O)CC3)nc(Nc3ccncc3F)c21. The highest BCUT2D eigenvalue weighted by Crippen LogP contribution is 2.52. The first kappa shape index (κ1) is 33.7. The predicted molar refractivity (Wildman–Crippen MR) is 191 cm³/mol. The van der Waals surface area contributed by atoms with Crippen LogP contribution in [0.2, 0.25) is 0 Å². The highest BCUT2D eigenvalue weighted by atomic mass is 19.1. The van der Waals surface area contributed by atoms with Gasteiger partial charge < -0.3 is 29.9 Å². The van der Waals surface area contributed by atoms with Crippen molar-refractivity contribution < 1.29 is 24.2 Å². The molecule has 8 rings (SSSR count). The topological polar surface area (TPSA) is 140 Å². The van der Waals surface area contributed by atoms with Gasteiger partial charge in [-0.3, -0.25) is 19.5 Å². The normalized spacial score (nSPS) is 22.7. The van der Waals surface area contributed by atoms with Crippen molar-refractivity contribution in [3.05, 3.63) is 60.4 Å². The Kier molecular flexibility index (Phi) is 8.15. The number of benzene rings is 1. The molecule has 2 amide bonds. The molecule has 268 valence electrons. The van der Waals surface area contributed by atoms with Crippen LogP contribution in [0.1, 0.15) is 71.4 Å². The Morgan fingerprint density at radius 2 is 1.80 bits per heavy atom. The summed E-state index contributed by atoms with van der Waals surface area (Å²) < 4.78 is 16.8. The predicted octanol–water partition coefficient (Wildman–Crippen LogP) is 4.74. The second-order valence-corrected chi connectivity index (χ2v) is 15.8. The molecule has 1 aliphatic carbocycles. The van der Waals surface area contributed by atoms with Crippen molar-refractivity contribution in [3.63, 3.8) is 0 Å². The summed E-state index contributed by atoms with van der Waals surface area (Å²) in [6.07, 6.45) is 6.13. The third-order valence-corrected chi connectivity index (χ3v) is 11.7. The van der Waals surface area contributed by atoms with Gasteiger partial charge in [-0.25, -0.2) is 14.4 Å². The number of nitrogens with zero attached hydrogens (tertiary/aromatic N) is 7. The lowest BCUT2D eigenvalue weighted by Gasteiger charge is -2.46. The molecule has 13 heteroatoms. The maximum absolute atomic E-state index is 14.8. The molecule has 3 aromatic heterocycles. The molecule has 0 atom stereocenters. The van der Waals surface area contributed by atoms with E-state index in [1.165, 1.54) is 17.5 Å². The van der Waals surface area contributed by atoms with E-state index in [0.29, 0.717) is 41.3 Å². The first-order valence-electron chi connectivity index (χ1n) is 18.0. The van der Waals surface area contributed by atoms with Crippen LogP contribution in [0.5, 0.6) is 0 Å². The van der Waals surface area contributed by atoms with Crippen LogP contribution in [0.25, 0.3) is 22.3 Å². The fourth-order valence-electron chi connectivity index (χ4n) is 8.69. The van der Waals surface area contributed by atoms with Crippen molar-refractivity contribution in [2.75, 3.05) is 36.4 Å². The summed E-state index contributed by atoms with van der Waals surface area (Å²) >= 11 is 0. The van der Waals surface area contributed by atoms with Gasteiger partial charge in [0.2, 0.25) is 12.2 Å². The Balaban J connectivity index is 1.18. The maximum Gasteiger partial charge on any atom is 0.279 e. The smallest absolute Gasteiger partial charge is 0.279 e. The minimum absolute atomic E-state index is 0.0441. The molecule has 3 N–H and O–H groups in total. The van der Waals surface area contributed by atoms with Crippen LogP contribution in [-0.2, 0) is 15.0 Å².